The molecule has 0 radical (unpaired) electrons. The van der Waals surface area contributed by atoms with E-state index in [9.17, 15) is 43.2 Å². The predicted octanol–water partition coefficient (Wildman–Crippen LogP) is 23.9. The molecule has 588 valence electrons. The number of rotatable bonds is 79. The maximum atomic E-state index is 13.1. The molecule has 0 saturated carbocycles. The first-order valence-corrected chi connectivity index (χ1v) is 44.5. The molecule has 19 heteroatoms. The molecule has 3 N–H and O–H groups in total. The zero-order valence-corrected chi connectivity index (χ0v) is 66.6. The van der Waals surface area contributed by atoms with Crippen LogP contribution in [-0.4, -0.2) is 96.7 Å². The van der Waals surface area contributed by atoms with E-state index in [4.69, 9.17) is 37.0 Å². The molecule has 0 aliphatic carbocycles. The van der Waals surface area contributed by atoms with Crippen molar-refractivity contribution in [2.24, 2.45) is 11.8 Å². The van der Waals surface area contributed by atoms with Gasteiger partial charge in [0.1, 0.15) is 19.3 Å². The molecule has 6 atom stereocenters. The van der Waals surface area contributed by atoms with Crippen LogP contribution in [0, 0.1) is 11.8 Å². The standard InChI is InChI=1S/C80H156O17P2/c1-7-10-12-14-16-18-19-20-21-22-23-24-25-26-29-33-40-46-52-58-64-79(84)96-76(69-91-78(83)63-57-51-45-39-32-30-27-28-31-37-42-48-54-60-72(4)5)71-95-99(88,89)93-67-74(81)66-92-98(86,87)94-70-75(68-90-77(82)62-56-50-44-36-17-15-13-11-8-2)97-80(85)65-59-53-47-41-35-34-38-43-49-55-61-73(6)9-3/h72-76,81H,7-71H2,1-6H3,(H,86,87)(H,88,89)/t73?,74-,75+,76+/m0/s1. The van der Waals surface area contributed by atoms with Gasteiger partial charge in [0.25, 0.3) is 0 Å². The van der Waals surface area contributed by atoms with Crippen LogP contribution in [0.15, 0.2) is 0 Å². The summed E-state index contributed by atoms with van der Waals surface area (Å²) in [6.45, 7) is 9.65. The number of carbonyl (C=O) groups excluding carboxylic acids is 4. The lowest BCUT2D eigenvalue weighted by molar-refractivity contribution is -0.161. The summed E-state index contributed by atoms with van der Waals surface area (Å²) < 4.78 is 68.6. The minimum absolute atomic E-state index is 0.106. The molecule has 0 fully saturated rings. The molecule has 3 unspecified atom stereocenters. The van der Waals surface area contributed by atoms with Gasteiger partial charge in [-0.05, 0) is 37.5 Å². The summed E-state index contributed by atoms with van der Waals surface area (Å²) in [4.78, 5) is 72.9. The molecule has 0 bridgehead atoms. The maximum Gasteiger partial charge on any atom is 0.472 e. The van der Waals surface area contributed by atoms with Crippen LogP contribution < -0.4 is 0 Å². The second-order valence-corrected chi connectivity index (χ2v) is 32.4. The highest BCUT2D eigenvalue weighted by atomic mass is 31.2. The van der Waals surface area contributed by atoms with Crippen LogP contribution in [0.4, 0.5) is 0 Å². The average Bonchev–Trinajstić information content (AvgIpc) is 0.963. The quantitative estimate of drug-likeness (QED) is 0.0222. The molecule has 0 amide bonds. The summed E-state index contributed by atoms with van der Waals surface area (Å²) in [6, 6.07) is 0. The first-order valence-electron chi connectivity index (χ1n) is 41.5. The fraction of sp³-hybridized carbons (Fsp3) is 0.950. The summed E-state index contributed by atoms with van der Waals surface area (Å²) >= 11 is 0. The van der Waals surface area contributed by atoms with Crippen molar-refractivity contribution in [1.29, 1.82) is 0 Å². The number of esters is 4. The Kier molecular flexibility index (Phi) is 70.3. The highest BCUT2D eigenvalue weighted by Gasteiger charge is 2.30. The van der Waals surface area contributed by atoms with E-state index in [1.165, 1.54) is 238 Å². The van der Waals surface area contributed by atoms with E-state index in [1.807, 2.05) is 0 Å². The van der Waals surface area contributed by atoms with Crippen molar-refractivity contribution in [3.63, 3.8) is 0 Å². The van der Waals surface area contributed by atoms with Gasteiger partial charge in [-0.1, -0.05) is 369 Å². The van der Waals surface area contributed by atoms with Crippen molar-refractivity contribution in [1.82, 2.24) is 0 Å². The summed E-state index contributed by atoms with van der Waals surface area (Å²) in [6.07, 6.45) is 61.0. The molecule has 0 aliphatic heterocycles. The third-order valence-corrected chi connectivity index (χ3v) is 21.0. The molecule has 0 saturated heterocycles. The number of phosphoric ester groups is 2. The van der Waals surface area contributed by atoms with E-state index in [2.05, 4.69) is 41.5 Å². The van der Waals surface area contributed by atoms with E-state index in [1.54, 1.807) is 0 Å². The Morgan fingerprint density at radius 2 is 0.515 bits per heavy atom. The van der Waals surface area contributed by atoms with Crippen LogP contribution in [0.2, 0.25) is 0 Å². The number of hydrogen-bond donors (Lipinski definition) is 3. The minimum atomic E-state index is -4.96. The Bertz CT molecular complexity index is 1910. The summed E-state index contributed by atoms with van der Waals surface area (Å²) in [5.41, 5.74) is 0. The molecule has 0 heterocycles. The second-order valence-electron chi connectivity index (χ2n) is 29.5. The van der Waals surface area contributed by atoms with Gasteiger partial charge in [0.2, 0.25) is 0 Å². The van der Waals surface area contributed by atoms with Crippen LogP contribution in [0.3, 0.4) is 0 Å². The normalized spacial score (nSPS) is 14.2. The van der Waals surface area contributed by atoms with Gasteiger partial charge in [-0.15, -0.1) is 0 Å². The Hall–Kier alpha value is -1.94. The van der Waals surface area contributed by atoms with Crippen LogP contribution in [-0.2, 0) is 65.4 Å². The first kappa shape index (κ1) is 97.1. The zero-order chi connectivity index (χ0) is 72.8. The molecule has 0 aromatic rings. The van der Waals surface area contributed by atoms with Crippen molar-refractivity contribution in [3.8, 4) is 0 Å². The molecule has 0 aromatic heterocycles. The van der Waals surface area contributed by atoms with Crippen molar-refractivity contribution < 1.29 is 80.2 Å². The van der Waals surface area contributed by atoms with Crippen LogP contribution in [0.1, 0.15) is 420 Å². The number of unbranched alkanes of at least 4 members (excludes halogenated alkanes) is 48. The molecule has 0 aromatic carbocycles. The SMILES string of the molecule is CCCCCCCCCCCCCCCCCCCCCCC(=O)O[C@H](COC(=O)CCCCCCCCCCCCCCCC(C)C)COP(=O)(O)OC[C@@H](O)COP(=O)(O)OC[C@@H](COC(=O)CCCCCCCCCCC)OC(=O)CCCCCCCCCCCCC(C)CC. The van der Waals surface area contributed by atoms with E-state index >= 15 is 0 Å². The van der Waals surface area contributed by atoms with Gasteiger partial charge < -0.3 is 33.8 Å². The minimum Gasteiger partial charge on any atom is -0.462 e. The van der Waals surface area contributed by atoms with Gasteiger partial charge in [-0.3, -0.25) is 37.3 Å². The molecule has 0 aliphatic rings. The monoisotopic (exact) mass is 1450 g/mol. The fourth-order valence-electron chi connectivity index (χ4n) is 12.3. The fourth-order valence-corrected chi connectivity index (χ4v) is 13.9. The van der Waals surface area contributed by atoms with E-state index in [-0.39, 0.29) is 25.7 Å². The number of aliphatic hydroxyl groups excluding tert-OH is 1. The van der Waals surface area contributed by atoms with Crippen molar-refractivity contribution in [3.05, 3.63) is 0 Å². The molecular weight excluding hydrogens is 1290 g/mol. The molecule has 99 heavy (non-hydrogen) atoms. The van der Waals surface area contributed by atoms with Gasteiger partial charge in [-0.25, -0.2) is 9.13 Å². The number of aliphatic hydroxyl groups is 1. The van der Waals surface area contributed by atoms with E-state index in [0.717, 1.165) is 102 Å². The van der Waals surface area contributed by atoms with E-state index < -0.39 is 97.5 Å². The predicted molar refractivity (Wildman–Crippen MR) is 405 cm³/mol. The largest absolute Gasteiger partial charge is 0.472 e. The Morgan fingerprint density at radius 1 is 0.293 bits per heavy atom. The molecular formula is C80H156O17P2. The number of ether oxygens (including phenoxy) is 4. The third kappa shape index (κ3) is 72.8. The van der Waals surface area contributed by atoms with Gasteiger partial charge in [-0.2, -0.15) is 0 Å². The second kappa shape index (κ2) is 71.7. The smallest absolute Gasteiger partial charge is 0.462 e. The van der Waals surface area contributed by atoms with Gasteiger partial charge in [0.05, 0.1) is 26.4 Å². The molecule has 17 nitrogen and oxygen atoms in total. The lowest BCUT2D eigenvalue weighted by Gasteiger charge is -2.21. The average molecular weight is 1450 g/mol. The Balaban J connectivity index is 5.22. The zero-order valence-electron chi connectivity index (χ0n) is 64.8. The third-order valence-electron chi connectivity index (χ3n) is 19.1. The summed E-state index contributed by atoms with van der Waals surface area (Å²) in [5.74, 6) is -0.517. The summed E-state index contributed by atoms with van der Waals surface area (Å²) in [7, 11) is -9.92. The van der Waals surface area contributed by atoms with Crippen LogP contribution >= 0.6 is 15.6 Å². The van der Waals surface area contributed by atoms with Crippen molar-refractivity contribution in [2.75, 3.05) is 39.6 Å². The Morgan fingerprint density at radius 3 is 0.768 bits per heavy atom. The maximum absolute atomic E-state index is 13.1. The molecule has 0 rings (SSSR count). The highest BCUT2D eigenvalue weighted by molar-refractivity contribution is 7.47. The van der Waals surface area contributed by atoms with E-state index in [0.29, 0.717) is 25.7 Å². The van der Waals surface area contributed by atoms with Crippen molar-refractivity contribution in [2.45, 2.75) is 439 Å². The number of carbonyl (C=O) groups is 4. The number of hydrogen-bond acceptors (Lipinski definition) is 15. The van der Waals surface area contributed by atoms with Crippen molar-refractivity contribution >= 4 is 39.5 Å². The lowest BCUT2D eigenvalue weighted by atomic mass is 9.99. The van der Waals surface area contributed by atoms with Crippen LogP contribution in [0.25, 0.3) is 0 Å². The van der Waals surface area contributed by atoms with Gasteiger partial charge >= 0.3 is 39.5 Å². The van der Waals surface area contributed by atoms with Gasteiger partial charge in [0.15, 0.2) is 12.2 Å². The topological polar surface area (TPSA) is 237 Å². The first-order chi connectivity index (χ1) is 47.9. The van der Waals surface area contributed by atoms with Gasteiger partial charge in [0, 0.05) is 25.7 Å². The van der Waals surface area contributed by atoms with Crippen LogP contribution in [0.5, 0.6) is 0 Å². The lowest BCUT2D eigenvalue weighted by Crippen LogP contribution is -2.30. The molecule has 0 spiro atoms. The number of phosphoric acid groups is 2. The highest BCUT2D eigenvalue weighted by Crippen LogP contribution is 2.45. The summed E-state index contributed by atoms with van der Waals surface area (Å²) in [5, 5.41) is 10.6. The Labute approximate surface area is 607 Å².